The molecule has 1 rings (SSSR count). The van der Waals surface area contributed by atoms with Crippen molar-refractivity contribution in [1.82, 2.24) is 25.5 Å². The quantitative estimate of drug-likeness (QED) is 0.775. The molecule has 0 aliphatic carbocycles. The van der Waals surface area contributed by atoms with E-state index in [9.17, 15) is 0 Å². The smallest absolute Gasteiger partial charge is 0.168 e. The third-order valence-corrected chi connectivity index (χ3v) is 2.65. The summed E-state index contributed by atoms with van der Waals surface area (Å²) in [5.41, 5.74) is -0.240. The summed E-state index contributed by atoms with van der Waals surface area (Å²) in [6, 6.07) is 0.140. The summed E-state index contributed by atoms with van der Waals surface area (Å²) in [6.45, 7) is 9.86. The molecule has 0 radical (unpaired) electrons. The second-order valence-corrected chi connectivity index (χ2v) is 4.87. The molecule has 17 heavy (non-hydrogen) atoms. The highest BCUT2D eigenvalue weighted by atomic mass is 16.5. The first-order chi connectivity index (χ1) is 8.03. The van der Waals surface area contributed by atoms with Crippen molar-refractivity contribution >= 4 is 0 Å². The van der Waals surface area contributed by atoms with Crippen LogP contribution < -0.4 is 5.32 Å². The maximum atomic E-state index is 5.21. The number of hydrogen-bond acceptors (Lipinski definition) is 5. The standard InChI is InChI=1S/C11H23N5O/c1-6-7-12-9(2)10-13-14-15-16(10)11(3,4)8-17-5/h9,12H,6-8H2,1-5H3. The van der Waals surface area contributed by atoms with Gasteiger partial charge < -0.3 is 10.1 Å². The molecule has 0 aliphatic heterocycles. The van der Waals surface area contributed by atoms with Gasteiger partial charge >= 0.3 is 0 Å². The van der Waals surface area contributed by atoms with E-state index < -0.39 is 0 Å². The Balaban J connectivity index is 2.84. The fourth-order valence-electron chi connectivity index (χ4n) is 1.76. The van der Waals surface area contributed by atoms with Crippen molar-refractivity contribution in [3.63, 3.8) is 0 Å². The normalized spacial score (nSPS) is 13.9. The lowest BCUT2D eigenvalue weighted by atomic mass is 10.1. The van der Waals surface area contributed by atoms with E-state index in [0.717, 1.165) is 18.8 Å². The van der Waals surface area contributed by atoms with Crippen molar-refractivity contribution in [1.29, 1.82) is 0 Å². The molecule has 0 amide bonds. The second-order valence-electron chi connectivity index (χ2n) is 4.87. The summed E-state index contributed by atoms with van der Waals surface area (Å²) in [5, 5.41) is 15.3. The van der Waals surface area contributed by atoms with Crippen LogP contribution in [-0.4, -0.2) is 40.5 Å². The summed E-state index contributed by atoms with van der Waals surface area (Å²) in [6.07, 6.45) is 1.09. The molecule has 1 unspecified atom stereocenters. The summed E-state index contributed by atoms with van der Waals surface area (Å²) in [5.74, 6) is 0.848. The highest BCUT2D eigenvalue weighted by molar-refractivity contribution is 4.94. The van der Waals surface area contributed by atoms with Gasteiger partial charge in [-0.05, 0) is 44.2 Å². The number of nitrogens with zero attached hydrogens (tertiary/aromatic N) is 4. The van der Waals surface area contributed by atoms with E-state index >= 15 is 0 Å². The lowest BCUT2D eigenvalue weighted by molar-refractivity contribution is 0.0966. The molecule has 0 saturated heterocycles. The molecule has 0 fully saturated rings. The predicted octanol–water partition coefficient (Wildman–Crippen LogP) is 1.12. The largest absolute Gasteiger partial charge is 0.382 e. The first kappa shape index (κ1) is 14.1. The Kier molecular flexibility index (Phi) is 5.02. The Hall–Kier alpha value is -1.01. The topological polar surface area (TPSA) is 64.9 Å². The number of ether oxygens (including phenoxy) is 1. The minimum atomic E-state index is -0.240. The third kappa shape index (κ3) is 3.47. The van der Waals surface area contributed by atoms with Crippen LogP contribution in [0.15, 0.2) is 0 Å². The number of nitrogens with one attached hydrogen (secondary N) is 1. The van der Waals surface area contributed by atoms with Gasteiger partial charge in [-0.15, -0.1) is 5.10 Å². The third-order valence-electron chi connectivity index (χ3n) is 2.65. The Morgan fingerprint density at radius 3 is 2.76 bits per heavy atom. The van der Waals surface area contributed by atoms with Crippen LogP contribution in [0.1, 0.15) is 46.0 Å². The summed E-state index contributed by atoms with van der Waals surface area (Å²) >= 11 is 0. The van der Waals surface area contributed by atoms with Gasteiger partial charge in [0.2, 0.25) is 0 Å². The number of methoxy groups -OCH3 is 1. The number of hydrogen-bond donors (Lipinski definition) is 1. The SMILES string of the molecule is CCCNC(C)c1nnnn1C(C)(C)COC. The van der Waals surface area contributed by atoms with E-state index in [0.29, 0.717) is 6.61 Å². The van der Waals surface area contributed by atoms with Crippen LogP contribution >= 0.6 is 0 Å². The van der Waals surface area contributed by atoms with Crippen molar-refractivity contribution < 1.29 is 4.74 Å². The van der Waals surface area contributed by atoms with E-state index in [1.54, 1.807) is 7.11 Å². The van der Waals surface area contributed by atoms with E-state index in [2.05, 4.69) is 48.5 Å². The first-order valence-corrected chi connectivity index (χ1v) is 6.04. The predicted molar refractivity (Wildman–Crippen MR) is 65.7 cm³/mol. The van der Waals surface area contributed by atoms with Gasteiger partial charge in [0.1, 0.15) is 0 Å². The highest BCUT2D eigenvalue weighted by Crippen LogP contribution is 2.19. The van der Waals surface area contributed by atoms with Crippen molar-refractivity contribution in [2.45, 2.75) is 45.7 Å². The zero-order valence-corrected chi connectivity index (χ0v) is 11.4. The second kappa shape index (κ2) is 6.07. The van der Waals surface area contributed by atoms with Crippen LogP contribution in [0, 0.1) is 0 Å². The van der Waals surface area contributed by atoms with Gasteiger partial charge in [0.25, 0.3) is 0 Å². The van der Waals surface area contributed by atoms with Crippen LogP contribution in [0.25, 0.3) is 0 Å². The van der Waals surface area contributed by atoms with Crippen LogP contribution in [0.3, 0.4) is 0 Å². The summed E-state index contributed by atoms with van der Waals surface area (Å²) in [7, 11) is 1.69. The maximum Gasteiger partial charge on any atom is 0.168 e. The molecular weight excluding hydrogens is 218 g/mol. The van der Waals surface area contributed by atoms with Gasteiger partial charge in [-0.2, -0.15) is 0 Å². The first-order valence-electron chi connectivity index (χ1n) is 6.04. The number of aromatic nitrogens is 4. The highest BCUT2D eigenvalue weighted by Gasteiger charge is 2.27. The molecule has 1 aromatic rings. The van der Waals surface area contributed by atoms with Gasteiger partial charge in [-0.3, -0.25) is 0 Å². The van der Waals surface area contributed by atoms with E-state index in [4.69, 9.17) is 4.74 Å². The van der Waals surface area contributed by atoms with Gasteiger partial charge in [0, 0.05) is 7.11 Å². The molecule has 1 aromatic heterocycles. The molecule has 6 heteroatoms. The molecule has 0 aliphatic rings. The van der Waals surface area contributed by atoms with Gasteiger partial charge in [0.15, 0.2) is 5.82 Å². The van der Waals surface area contributed by atoms with Crippen molar-refractivity contribution in [2.24, 2.45) is 0 Å². The Bertz CT molecular complexity index is 336. The average Bonchev–Trinajstić information content (AvgIpc) is 2.75. The molecule has 98 valence electrons. The molecule has 0 aromatic carbocycles. The fraction of sp³-hybridized carbons (Fsp3) is 0.909. The van der Waals surface area contributed by atoms with Gasteiger partial charge in [-0.1, -0.05) is 6.92 Å². The minimum absolute atomic E-state index is 0.140. The Morgan fingerprint density at radius 1 is 1.47 bits per heavy atom. The molecule has 0 spiro atoms. The van der Waals surface area contributed by atoms with Crippen LogP contribution in [0.2, 0.25) is 0 Å². The monoisotopic (exact) mass is 241 g/mol. The van der Waals surface area contributed by atoms with Crippen molar-refractivity contribution in [2.75, 3.05) is 20.3 Å². The maximum absolute atomic E-state index is 5.21. The van der Waals surface area contributed by atoms with E-state index in [1.807, 2.05) is 4.68 Å². The molecule has 6 nitrogen and oxygen atoms in total. The zero-order valence-electron chi connectivity index (χ0n) is 11.4. The van der Waals surface area contributed by atoms with Crippen LogP contribution in [-0.2, 0) is 10.3 Å². The number of tetrazole rings is 1. The Morgan fingerprint density at radius 2 is 2.18 bits per heavy atom. The van der Waals surface area contributed by atoms with Crippen molar-refractivity contribution in [3.8, 4) is 0 Å². The summed E-state index contributed by atoms with van der Waals surface area (Å²) in [4.78, 5) is 0. The van der Waals surface area contributed by atoms with E-state index in [1.165, 1.54) is 0 Å². The summed E-state index contributed by atoms with van der Waals surface area (Å²) < 4.78 is 7.05. The Labute approximate surface area is 103 Å². The van der Waals surface area contributed by atoms with E-state index in [-0.39, 0.29) is 11.6 Å². The molecule has 0 bridgehead atoms. The molecule has 1 N–H and O–H groups in total. The lowest BCUT2D eigenvalue weighted by Gasteiger charge is -2.26. The molecule has 0 saturated carbocycles. The van der Waals surface area contributed by atoms with Crippen molar-refractivity contribution in [3.05, 3.63) is 5.82 Å². The lowest BCUT2D eigenvalue weighted by Crippen LogP contribution is -2.36. The molecule has 1 heterocycles. The van der Waals surface area contributed by atoms with Gasteiger partial charge in [0.05, 0.1) is 18.2 Å². The average molecular weight is 241 g/mol. The van der Waals surface area contributed by atoms with Gasteiger partial charge in [-0.25, -0.2) is 4.68 Å². The number of rotatable bonds is 7. The fourth-order valence-corrected chi connectivity index (χ4v) is 1.76. The van der Waals surface area contributed by atoms with Crippen LogP contribution in [0.4, 0.5) is 0 Å². The molecular formula is C11H23N5O. The minimum Gasteiger partial charge on any atom is -0.382 e. The van der Waals surface area contributed by atoms with Crippen LogP contribution in [0.5, 0.6) is 0 Å². The zero-order chi connectivity index (χ0) is 12.9. The molecule has 1 atom stereocenters.